The van der Waals surface area contributed by atoms with Crippen molar-refractivity contribution >= 4 is 55.8 Å². The van der Waals surface area contributed by atoms with Crippen LogP contribution in [0, 0.1) is 6.92 Å². The predicted octanol–water partition coefficient (Wildman–Crippen LogP) is 13.7. The first kappa shape index (κ1) is 30.9. The molecule has 10 aromatic rings. The summed E-state index contributed by atoms with van der Waals surface area (Å²) in [5.41, 5.74) is 15.7. The van der Waals surface area contributed by atoms with Crippen molar-refractivity contribution in [2.75, 3.05) is 0 Å². The SMILES string of the molecule is Cc1cccc(-n2c3ccccc3c3cc(-c4ccc(/C=C/c5ccc(-c6ccc7c(c6)c6ccccc6n7-c6ccccc6)cc5)cc4)ccc32)c1. The summed E-state index contributed by atoms with van der Waals surface area (Å²) in [4.78, 5) is 0. The van der Waals surface area contributed by atoms with E-state index in [-0.39, 0.29) is 0 Å². The van der Waals surface area contributed by atoms with Gasteiger partial charge in [-0.2, -0.15) is 0 Å². The number of hydrogen-bond donors (Lipinski definition) is 0. The van der Waals surface area contributed by atoms with E-state index in [4.69, 9.17) is 0 Å². The van der Waals surface area contributed by atoms with Crippen LogP contribution in [0.1, 0.15) is 16.7 Å². The zero-order chi connectivity index (χ0) is 35.3. The van der Waals surface area contributed by atoms with Crippen molar-refractivity contribution < 1.29 is 0 Å². The minimum Gasteiger partial charge on any atom is -0.309 e. The molecule has 0 N–H and O–H groups in total. The maximum Gasteiger partial charge on any atom is 0.0541 e. The molecule has 0 saturated heterocycles. The van der Waals surface area contributed by atoms with Gasteiger partial charge in [-0.15, -0.1) is 0 Å². The van der Waals surface area contributed by atoms with Gasteiger partial charge in [-0.25, -0.2) is 0 Å². The van der Waals surface area contributed by atoms with E-state index in [0.717, 1.165) is 0 Å². The van der Waals surface area contributed by atoms with Crippen LogP contribution in [0.4, 0.5) is 0 Å². The third kappa shape index (κ3) is 5.44. The smallest absolute Gasteiger partial charge is 0.0541 e. The Morgan fingerprint density at radius 3 is 1.28 bits per heavy atom. The molecule has 0 radical (unpaired) electrons. The molecule has 250 valence electrons. The average molecular weight is 677 g/mol. The number of rotatable bonds is 6. The second-order valence-electron chi connectivity index (χ2n) is 13.9. The summed E-state index contributed by atoms with van der Waals surface area (Å²) in [5, 5.41) is 5.08. The van der Waals surface area contributed by atoms with E-state index in [2.05, 4.69) is 216 Å². The van der Waals surface area contributed by atoms with Gasteiger partial charge in [0.25, 0.3) is 0 Å². The lowest BCUT2D eigenvalue weighted by molar-refractivity contribution is 1.17. The molecule has 0 saturated carbocycles. The number of aryl methyl sites for hydroxylation is 1. The fourth-order valence-corrected chi connectivity index (χ4v) is 7.97. The average Bonchev–Trinajstić information content (AvgIpc) is 3.73. The highest BCUT2D eigenvalue weighted by Crippen LogP contribution is 2.37. The number of benzene rings is 8. The molecule has 0 atom stereocenters. The first-order valence-corrected chi connectivity index (χ1v) is 18.3. The van der Waals surface area contributed by atoms with Crippen LogP contribution in [-0.2, 0) is 0 Å². The molecule has 2 heterocycles. The zero-order valence-corrected chi connectivity index (χ0v) is 29.4. The highest BCUT2D eigenvalue weighted by atomic mass is 15.0. The standard InChI is InChI=1S/C51H36N2/c1-35-10-9-13-43(32-35)53-49-17-8-6-15-45(49)47-34-41(29-31-51(47)53)39-26-22-37(23-27-39)19-18-36-20-24-38(25-21-36)40-28-30-50-46(33-40)44-14-5-7-16-48(44)52(50)42-11-3-2-4-12-42/h2-34H,1H3/b19-18+. The molecule has 0 aliphatic carbocycles. The fraction of sp³-hybridized carbons (Fsp3) is 0.0196. The highest BCUT2D eigenvalue weighted by Gasteiger charge is 2.14. The van der Waals surface area contributed by atoms with Gasteiger partial charge in [0.1, 0.15) is 0 Å². The molecule has 0 unspecified atom stereocenters. The van der Waals surface area contributed by atoms with Gasteiger partial charge in [0.05, 0.1) is 22.1 Å². The minimum absolute atomic E-state index is 1.18. The molecule has 53 heavy (non-hydrogen) atoms. The van der Waals surface area contributed by atoms with Crippen LogP contribution < -0.4 is 0 Å². The minimum atomic E-state index is 1.18. The summed E-state index contributed by atoms with van der Waals surface area (Å²) in [6.45, 7) is 2.15. The fourth-order valence-electron chi connectivity index (χ4n) is 7.97. The number of fused-ring (bicyclic) bond motifs is 6. The number of hydrogen-bond acceptors (Lipinski definition) is 0. The monoisotopic (exact) mass is 676 g/mol. The van der Waals surface area contributed by atoms with E-state index in [1.54, 1.807) is 0 Å². The molecule has 0 bridgehead atoms. The van der Waals surface area contributed by atoms with Gasteiger partial charge in [-0.05, 0) is 107 Å². The first-order valence-electron chi connectivity index (χ1n) is 18.3. The van der Waals surface area contributed by atoms with E-state index in [0.29, 0.717) is 0 Å². The lowest BCUT2D eigenvalue weighted by Crippen LogP contribution is -1.94. The second kappa shape index (κ2) is 12.7. The van der Waals surface area contributed by atoms with Crippen LogP contribution in [0.5, 0.6) is 0 Å². The maximum atomic E-state index is 2.38. The molecule has 2 nitrogen and oxygen atoms in total. The Labute approximate surface area is 309 Å². The van der Waals surface area contributed by atoms with E-state index < -0.39 is 0 Å². The van der Waals surface area contributed by atoms with Gasteiger partial charge in [-0.1, -0.05) is 140 Å². The van der Waals surface area contributed by atoms with Crippen molar-refractivity contribution in [3.8, 4) is 33.6 Å². The largest absolute Gasteiger partial charge is 0.309 e. The third-order valence-corrected chi connectivity index (χ3v) is 10.6. The summed E-state index contributed by atoms with van der Waals surface area (Å²) in [5.74, 6) is 0. The van der Waals surface area contributed by atoms with E-state index in [9.17, 15) is 0 Å². The summed E-state index contributed by atoms with van der Waals surface area (Å²) < 4.78 is 4.74. The molecule has 2 heteroatoms. The molecular formula is C51H36N2. The molecule has 0 aliphatic rings. The summed E-state index contributed by atoms with van der Waals surface area (Å²) in [7, 11) is 0. The van der Waals surface area contributed by atoms with Gasteiger partial charge in [0, 0.05) is 32.9 Å². The van der Waals surface area contributed by atoms with Crippen molar-refractivity contribution in [3.63, 3.8) is 0 Å². The lowest BCUT2D eigenvalue weighted by atomic mass is 10.00. The highest BCUT2D eigenvalue weighted by molar-refractivity contribution is 6.11. The molecule has 10 rings (SSSR count). The van der Waals surface area contributed by atoms with Crippen molar-refractivity contribution in [1.29, 1.82) is 0 Å². The Hall–Kier alpha value is -6.90. The maximum absolute atomic E-state index is 2.38. The zero-order valence-electron chi connectivity index (χ0n) is 29.4. The number of nitrogens with zero attached hydrogens (tertiary/aromatic N) is 2. The summed E-state index contributed by atoms with van der Waals surface area (Å²) >= 11 is 0. The molecule has 0 spiro atoms. The van der Waals surface area contributed by atoms with Crippen LogP contribution in [0.2, 0.25) is 0 Å². The molecule has 2 aromatic heterocycles. The molecule has 0 fully saturated rings. The van der Waals surface area contributed by atoms with Crippen molar-refractivity contribution in [2.45, 2.75) is 6.92 Å². The quantitative estimate of drug-likeness (QED) is 0.155. The van der Waals surface area contributed by atoms with Crippen LogP contribution in [0.15, 0.2) is 188 Å². The van der Waals surface area contributed by atoms with Crippen LogP contribution in [0.3, 0.4) is 0 Å². The van der Waals surface area contributed by atoms with Gasteiger partial charge in [0.2, 0.25) is 0 Å². The van der Waals surface area contributed by atoms with Gasteiger partial charge >= 0.3 is 0 Å². The lowest BCUT2D eigenvalue weighted by Gasteiger charge is -2.09. The van der Waals surface area contributed by atoms with E-state index >= 15 is 0 Å². The first-order chi connectivity index (χ1) is 26.2. The van der Waals surface area contributed by atoms with E-state index in [1.165, 1.54) is 93.9 Å². The van der Waals surface area contributed by atoms with Crippen molar-refractivity contribution in [3.05, 3.63) is 205 Å². The second-order valence-corrected chi connectivity index (χ2v) is 13.9. The Balaban J connectivity index is 0.906. The summed E-state index contributed by atoms with van der Waals surface area (Å²) in [6.07, 6.45) is 4.39. The van der Waals surface area contributed by atoms with Gasteiger partial charge in [-0.3, -0.25) is 0 Å². The summed E-state index contributed by atoms with van der Waals surface area (Å²) in [6, 6.07) is 68.2. The number of para-hydroxylation sites is 3. The van der Waals surface area contributed by atoms with Crippen LogP contribution >= 0.6 is 0 Å². The van der Waals surface area contributed by atoms with Gasteiger partial charge in [0.15, 0.2) is 0 Å². The topological polar surface area (TPSA) is 9.86 Å². The Morgan fingerprint density at radius 1 is 0.321 bits per heavy atom. The van der Waals surface area contributed by atoms with Crippen molar-refractivity contribution in [2.24, 2.45) is 0 Å². The normalized spacial score (nSPS) is 11.8. The Morgan fingerprint density at radius 2 is 0.755 bits per heavy atom. The molecule has 8 aromatic carbocycles. The van der Waals surface area contributed by atoms with E-state index in [1.807, 2.05) is 0 Å². The van der Waals surface area contributed by atoms with Crippen molar-refractivity contribution in [1.82, 2.24) is 9.13 Å². The van der Waals surface area contributed by atoms with Crippen LogP contribution in [-0.4, -0.2) is 9.13 Å². The van der Waals surface area contributed by atoms with Gasteiger partial charge < -0.3 is 9.13 Å². The van der Waals surface area contributed by atoms with Crippen LogP contribution in [0.25, 0.3) is 89.4 Å². The Bertz CT molecular complexity index is 2980. The molecule has 0 amide bonds. The number of aromatic nitrogens is 2. The molecule has 0 aliphatic heterocycles. The predicted molar refractivity (Wildman–Crippen MR) is 226 cm³/mol. The Kier molecular flexibility index (Phi) is 7.40. The molecular weight excluding hydrogens is 641 g/mol. The third-order valence-electron chi connectivity index (χ3n) is 10.6.